The number of nitrogens with two attached hydrogens (primary N) is 1. The predicted molar refractivity (Wildman–Crippen MR) is 64.6 cm³/mol. The van der Waals surface area contributed by atoms with Crippen molar-refractivity contribution in [3.63, 3.8) is 0 Å². The van der Waals surface area contributed by atoms with Gasteiger partial charge >= 0.3 is 0 Å². The van der Waals surface area contributed by atoms with Gasteiger partial charge in [-0.3, -0.25) is 4.79 Å². The molecule has 2 N–H and O–H groups in total. The summed E-state index contributed by atoms with van der Waals surface area (Å²) in [5.41, 5.74) is 5.80. The minimum absolute atomic E-state index is 0.0819. The molecule has 0 rings (SSSR count). The Labute approximate surface area is 94.0 Å². The average Bonchev–Trinajstić information content (AvgIpc) is 2.16. The summed E-state index contributed by atoms with van der Waals surface area (Å²) in [5.74, 6) is 0.0819. The minimum atomic E-state index is -0.394. The fraction of sp³-hybridized carbons (Fsp3) is 0.917. The van der Waals surface area contributed by atoms with Crippen molar-refractivity contribution in [1.29, 1.82) is 0 Å². The maximum absolute atomic E-state index is 12.0. The summed E-state index contributed by atoms with van der Waals surface area (Å²) in [4.78, 5) is 13.9. The first-order valence-electron chi connectivity index (χ1n) is 5.89. The van der Waals surface area contributed by atoms with Gasteiger partial charge in [-0.1, -0.05) is 34.1 Å². The second-order valence-electron chi connectivity index (χ2n) is 5.12. The van der Waals surface area contributed by atoms with Crippen molar-refractivity contribution >= 4 is 5.91 Å². The molecule has 90 valence electrons. The van der Waals surface area contributed by atoms with E-state index in [4.69, 9.17) is 5.73 Å². The van der Waals surface area contributed by atoms with Crippen LogP contribution in [0.4, 0.5) is 0 Å². The van der Waals surface area contributed by atoms with Crippen molar-refractivity contribution < 1.29 is 4.79 Å². The molecule has 0 saturated heterocycles. The Balaban J connectivity index is 4.38. The molecule has 0 aromatic rings. The Kier molecular flexibility index (Phi) is 5.88. The van der Waals surface area contributed by atoms with Crippen LogP contribution < -0.4 is 5.73 Å². The molecule has 1 amide bonds. The van der Waals surface area contributed by atoms with Crippen molar-refractivity contribution in [1.82, 2.24) is 4.90 Å². The normalized spacial score (nSPS) is 13.7. The lowest BCUT2D eigenvalue weighted by Crippen LogP contribution is -2.50. The van der Waals surface area contributed by atoms with Gasteiger partial charge in [0, 0.05) is 13.1 Å². The number of hydrogen-bond donors (Lipinski definition) is 1. The van der Waals surface area contributed by atoms with Crippen molar-refractivity contribution in [3.05, 3.63) is 0 Å². The van der Waals surface area contributed by atoms with Crippen molar-refractivity contribution in [3.8, 4) is 0 Å². The quantitative estimate of drug-likeness (QED) is 0.761. The number of carbonyl (C=O) groups is 1. The number of carbonyl (C=O) groups excluding carboxylic acids is 1. The Hall–Kier alpha value is -0.570. The zero-order valence-corrected chi connectivity index (χ0v) is 10.8. The molecule has 0 aromatic carbocycles. The van der Waals surface area contributed by atoms with Gasteiger partial charge in [-0.05, 0) is 18.8 Å². The van der Waals surface area contributed by atoms with Gasteiger partial charge in [0.25, 0.3) is 0 Å². The van der Waals surface area contributed by atoms with E-state index in [9.17, 15) is 4.79 Å². The summed E-state index contributed by atoms with van der Waals surface area (Å²) >= 11 is 0. The smallest absolute Gasteiger partial charge is 0.240 e. The molecule has 0 fully saturated rings. The molecule has 0 bridgehead atoms. The molecule has 3 nitrogen and oxygen atoms in total. The molecule has 0 aliphatic carbocycles. The van der Waals surface area contributed by atoms with Crippen LogP contribution in [0.25, 0.3) is 0 Å². The van der Waals surface area contributed by atoms with Crippen LogP contribution in [0.2, 0.25) is 0 Å². The van der Waals surface area contributed by atoms with E-state index in [0.29, 0.717) is 0 Å². The zero-order valence-electron chi connectivity index (χ0n) is 10.8. The third-order valence-electron chi connectivity index (χ3n) is 2.67. The fourth-order valence-electron chi connectivity index (χ4n) is 1.34. The molecule has 1 unspecified atom stereocenters. The minimum Gasteiger partial charge on any atom is -0.342 e. The van der Waals surface area contributed by atoms with E-state index in [0.717, 1.165) is 25.9 Å². The second kappa shape index (κ2) is 6.11. The van der Waals surface area contributed by atoms with E-state index in [1.165, 1.54) is 0 Å². The first kappa shape index (κ1) is 14.4. The maximum atomic E-state index is 12.0. The van der Waals surface area contributed by atoms with Crippen LogP contribution in [0.5, 0.6) is 0 Å². The highest BCUT2D eigenvalue weighted by atomic mass is 16.2. The van der Waals surface area contributed by atoms with Gasteiger partial charge in [0.15, 0.2) is 0 Å². The van der Waals surface area contributed by atoms with E-state index in [1.807, 2.05) is 32.6 Å². The lowest BCUT2D eigenvalue weighted by Gasteiger charge is -2.31. The van der Waals surface area contributed by atoms with Crippen LogP contribution in [-0.2, 0) is 4.79 Å². The largest absolute Gasteiger partial charge is 0.342 e. The summed E-state index contributed by atoms with van der Waals surface area (Å²) < 4.78 is 0. The lowest BCUT2D eigenvalue weighted by atomic mass is 9.86. The predicted octanol–water partition coefficient (Wildman–Crippen LogP) is 2.01. The highest BCUT2D eigenvalue weighted by molar-refractivity contribution is 5.82. The second-order valence-corrected chi connectivity index (χ2v) is 5.12. The first-order chi connectivity index (χ1) is 6.84. The lowest BCUT2D eigenvalue weighted by molar-refractivity contribution is -0.134. The Morgan fingerprint density at radius 1 is 1.33 bits per heavy atom. The number of amides is 1. The molecule has 15 heavy (non-hydrogen) atoms. The van der Waals surface area contributed by atoms with Crippen molar-refractivity contribution in [2.24, 2.45) is 11.1 Å². The molecule has 0 heterocycles. The number of unbranched alkanes of at least 4 members (excludes halogenated alkanes) is 1. The topological polar surface area (TPSA) is 46.3 Å². The molecular weight excluding hydrogens is 188 g/mol. The van der Waals surface area contributed by atoms with Gasteiger partial charge < -0.3 is 10.6 Å². The van der Waals surface area contributed by atoms with Crippen LogP contribution >= 0.6 is 0 Å². The molecule has 0 aliphatic rings. The SMILES string of the molecule is CCCCN(CC)C(=O)C(N)C(C)(C)C. The number of nitrogens with zero attached hydrogens (tertiary/aromatic N) is 1. The third-order valence-corrected chi connectivity index (χ3v) is 2.67. The summed E-state index contributed by atoms with van der Waals surface area (Å²) in [7, 11) is 0. The van der Waals surface area contributed by atoms with Gasteiger partial charge in [0.2, 0.25) is 5.91 Å². The van der Waals surface area contributed by atoms with E-state index in [-0.39, 0.29) is 11.3 Å². The van der Waals surface area contributed by atoms with Gasteiger partial charge in [0.1, 0.15) is 0 Å². The van der Waals surface area contributed by atoms with Crippen LogP contribution in [0, 0.1) is 5.41 Å². The number of likely N-dealkylation sites (N-methyl/N-ethyl adjacent to an activating group) is 1. The van der Waals surface area contributed by atoms with E-state index >= 15 is 0 Å². The first-order valence-corrected chi connectivity index (χ1v) is 5.89. The summed E-state index contributed by atoms with van der Waals surface area (Å²) in [6, 6.07) is -0.394. The molecule has 3 heteroatoms. The fourth-order valence-corrected chi connectivity index (χ4v) is 1.34. The van der Waals surface area contributed by atoms with Gasteiger partial charge in [-0.2, -0.15) is 0 Å². The van der Waals surface area contributed by atoms with Gasteiger partial charge in [-0.25, -0.2) is 0 Å². The molecule has 0 aromatic heterocycles. The van der Waals surface area contributed by atoms with Crippen molar-refractivity contribution in [2.45, 2.75) is 53.5 Å². The maximum Gasteiger partial charge on any atom is 0.240 e. The van der Waals surface area contributed by atoms with E-state index in [1.54, 1.807) is 0 Å². The average molecular weight is 214 g/mol. The number of rotatable bonds is 5. The third kappa shape index (κ3) is 4.65. The van der Waals surface area contributed by atoms with Crippen LogP contribution in [0.15, 0.2) is 0 Å². The number of hydrogen-bond acceptors (Lipinski definition) is 2. The molecule has 0 spiro atoms. The van der Waals surface area contributed by atoms with Crippen LogP contribution in [-0.4, -0.2) is 29.9 Å². The Morgan fingerprint density at radius 3 is 2.20 bits per heavy atom. The summed E-state index contributed by atoms with van der Waals surface area (Å²) in [6.45, 7) is 11.7. The highest BCUT2D eigenvalue weighted by Crippen LogP contribution is 2.19. The molecular formula is C12H26N2O. The van der Waals surface area contributed by atoms with Crippen molar-refractivity contribution in [2.75, 3.05) is 13.1 Å². The van der Waals surface area contributed by atoms with Gasteiger partial charge in [-0.15, -0.1) is 0 Å². The monoisotopic (exact) mass is 214 g/mol. The highest BCUT2D eigenvalue weighted by Gasteiger charge is 2.30. The van der Waals surface area contributed by atoms with Crippen LogP contribution in [0.1, 0.15) is 47.5 Å². The standard InChI is InChI=1S/C12H26N2O/c1-6-8-9-14(7-2)11(15)10(13)12(3,4)5/h10H,6-9,13H2,1-5H3. The van der Waals surface area contributed by atoms with E-state index < -0.39 is 6.04 Å². The van der Waals surface area contributed by atoms with Crippen LogP contribution in [0.3, 0.4) is 0 Å². The summed E-state index contributed by atoms with van der Waals surface area (Å²) in [6.07, 6.45) is 2.16. The zero-order chi connectivity index (χ0) is 12.1. The summed E-state index contributed by atoms with van der Waals surface area (Å²) in [5, 5.41) is 0. The Bertz CT molecular complexity index is 196. The van der Waals surface area contributed by atoms with E-state index in [2.05, 4.69) is 6.92 Å². The molecule has 1 atom stereocenters. The molecule has 0 radical (unpaired) electrons. The Morgan fingerprint density at radius 2 is 1.87 bits per heavy atom. The molecule has 0 aliphatic heterocycles. The molecule has 0 saturated carbocycles. The van der Waals surface area contributed by atoms with Gasteiger partial charge in [0.05, 0.1) is 6.04 Å².